The summed E-state index contributed by atoms with van der Waals surface area (Å²) in [4.78, 5) is 0. The summed E-state index contributed by atoms with van der Waals surface area (Å²) >= 11 is 0. The molecule has 0 spiro atoms. The van der Waals surface area contributed by atoms with Gasteiger partial charge in [0.15, 0.2) is 0 Å². The third kappa shape index (κ3) is 1.39. The second-order valence-electron chi connectivity index (χ2n) is 5.61. The molecule has 4 aromatic carbocycles. The Balaban J connectivity index is 2.08. The molecule has 0 N–H and O–H groups in total. The fraction of sp³-hybridized carbons (Fsp3) is 0. The van der Waals surface area contributed by atoms with Crippen LogP contribution in [0, 0.1) is 6.42 Å². The van der Waals surface area contributed by atoms with Crippen molar-refractivity contribution in [2.45, 2.75) is 0 Å². The molecule has 0 heterocycles. The summed E-state index contributed by atoms with van der Waals surface area (Å²) in [6.45, 7) is 0. The van der Waals surface area contributed by atoms with Crippen molar-refractivity contribution >= 4 is 21.5 Å². The standard InChI is InChI=1S/C21H13/c1-2-8-15-14(7-1)13-20-18-11-4-3-9-16(18)17-10-5-6-12-19(17)21(15)20/h1-13H. The average molecular weight is 265 g/mol. The SMILES string of the molecule is [CH]1c2ccccc2-c2c1c1ccccc1c1ccccc21. The van der Waals surface area contributed by atoms with Crippen molar-refractivity contribution in [2.75, 3.05) is 0 Å². The predicted molar refractivity (Wildman–Crippen MR) is 89.4 cm³/mol. The van der Waals surface area contributed by atoms with Gasteiger partial charge in [-0.2, -0.15) is 0 Å². The van der Waals surface area contributed by atoms with Crippen LogP contribution in [-0.2, 0) is 0 Å². The largest absolute Gasteiger partial charge is 0.0619 e. The highest BCUT2D eigenvalue weighted by Crippen LogP contribution is 2.46. The smallest absolute Gasteiger partial charge is 0.0218 e. The van der Waals surface area contributed by atoms with Crippen molar-refractivity contribution in [1.29, 1.82) is 0 Å². The molecule has 0 heteroatoms. The molecule has 0 nitrogen and oxygen atoms in total. The lowest BCUT2D eigenvalue weighted by molar-refractivity contribution is 1.57. The molecule has 1 aliphatic rings. The minimum Gasteiger partial charge on any atom is -0.0619 e. The molecule has 5 rings (SSSR count). The maximum atomic E-state index is 2.33. The summed E-state index contributed by atoms with van der Waals surface area (Å²) in [5.74, 6) is 0. The van der Waals surface area contributed by atoms with Crippen LogP contribution in [0.5, 0.6) is 0 Å². The lowest BCUT2D eigenvalue weighted by Gasteiger charge is -2.11. The van der Waals surface area contributed by atoms with E-state index in [9.17, 15) is 0 Å². The van der Waals surface area contributed by atoms with Crippen LogP contribution in [0.4, 0.5) is 0 Å². The van der Waals surface area contributed by atoms with Gasteiger partial charge < -0.3 is 0 Å². The molecule has 0 aliphatic heterocycles. The highest BCUT2D eigenvalue weighted by molar-refractivity contribution is 6.18. The highest BCUT2D eigenvalue weighted by atomic mass is 14.3. The van der Waals surface area contributed by atoms with E-state index in [1.807, 2.05) is 0 Å². The van der Waals surface area contributed by atoms with Crippen LogP contribution in [-0.4, -0.2) is 0 Å². The van der Waals surface area contributed by atoms with Crippen LogP contribution in [0.3, 0.4) is 0 Å². The third-order valence-corrected chi connectivity index (χ3v) is 4.50. The fourth-order valence-electron chi connectivity index (χ4n) is 3.61. The first-order chi connectivity index (χ1) is 10.4. The molecule has 1 aliphatic carbocycles. The van der Waals surface area contributed by atoms with Crippen molar-refractivity contribution in [2.24, 2.45) is 0 Å². The summed E-state index contributed by atoms with van der Waals surface area (Å²) < 4.78 is 0. The van der Waals surface area contributed by atoms with E-state index in [1.165, 1.54) is 43.8 Å². The zero-order valence-electron chi connectivity index (χ0n) is 11.5. The van der Waals surface area contributed by atoms with Gasteiger partial charge in [-0.1, -0.05) is 72.8 Å². The second-order valence-corrected chi connectivity index (χ2v) is 5.61. The van der Waals surface area contributed by atoms with Crippen LogP contribution in [0.2, 0.25) is 0 Å². The van der Waals surface area contributed by atoms with E-state index in [4.69, 9.17) is 0 Å². The molecule has 4 aromatic rings. The van der Waals surface area contributed by atoms with E-state index in [2.05, 4.69) is 79.2 Å². The van der Waals surface area contributed by atoms with E-state index >= 15 is 0 Å². The highest BCUT2D eigenvalue weighted by Gasteiger charge is 2.23. The minimum absolute atomic E-state index is 1.33. The van der Waals surface area contributed by atoms with Gasteiger partial charge in [0.1, 0.15) is 0 Å². The summed E-state index contributed by atoms with van der Waals surface area (Å²) in [7, 11) is 0. The Kier molecular flexibility index (Phi) is 2.09. The Bertz CT molecular complexity index is 1010. The van der Waals surface area contributed by atoms with E-state index in [-0.39, 0.29) is 0 Å². The van der Waals surface area contributed by atoms with Gasteiger partial charge >= 0.3 is 0 Å². The minimum atomic E-state index is 1.33. The molecule has 0 amide bonds. The summed E-state index contributed by atoms with van der Waals surface area (Å²) in [6, 6.07) is 26.2. The maximum Gasteiger partial charge on any atom is 0.0218 e. The normalized spacial score (nSPS) is 12.6. The topological polar surface area (TPSA) is 0 Å². The van der Waals surface area contributed by atoms with Gasteiger partial charge in [-0.05, 0) is 43.8 Å². The van der Waals surface area contributed by atoms with E-state index < -0.39 is 0 Å². The molecule has 0 bridgehead atoms. The Morgan fingerprint density at radius 2 is 1.05 bits per heavy atom. The molecular formula is C21H13. The quantitative estimate of drug-likeness (QED) is 0.321. The second kappa shape index (κ2) is 3.95. The molecular weight excluding hydrogens is 252 g/mol. The van der Waals surface area contributed by atoms with Crippen LogP contribution in [0.1, 0.15) is 11.1 Å². The van der Waals surface area contributed by atoms with E-state index in [0.717, 1.165) is 0 Å². The van der Waals surface area contributed by atoms with Crippen LogP contribution in [0.15, 0.2) is 72.8 Å². The average Bonchev–Trinajstić information content (AvgIpc) is 2.95. The Morgan fingerprint density at radius 1 is 0.476 bits per heavy atom. The zero-order chi connectivity index (χ0) is 13.8. The fourth-order valence-corrected chi connectivity index (χ4v) is 3.61. The maximum absolute atomic E-state index is 2.33. The first-order valence-electron chi connectivity index (χ1n) is 7.31. The van der Waals surface area contributed by atoms with Crippen LogP contribution in [0.25, 0.3) is 32.7 Å². The molecule has 0 unspecified atom stereocenters. The van der Waals surface area contributed by atoms with Gasteiger partial charge in [0.2, 0.25) is 0 Å². The van der Waals surface area contributed by atoms with E-state index in [0.29, 0.717) is 0 Å². The lowest BCUT2D eigenvalue weighted by atomic mass is 9.92. The summed E-state index contributed by atoms with van der Waals surface area (Å²) in [6.07, 6.45) is 2.33. The first kappa shape index (κ1) is 11.1. The Labute approximate surface area is 123 Å². The number of rotatable bonds is 0. The van der Waals surface area contributed by atoms with Gasteiger partial charge in [-0.15, -0.1) is 0 Å². The van der Waals surface area contributed by atoms with Gasteiger partial charge in [0, 0.05) is 6.42 Å². The Hall–Kier alpha value is -2.60. The zero-order valence-corrected chi connectivity index (χ0v) is 11.5. The molecule has 1 radical (unpaired) electrons. The van der Waals surface area contributed by atoms with Gasteiger partial charge in [-0.25, -0.2) is 0 Å². The number of hydrogen-bond donors (Lipinski definition) is 0. The molecule has 0 aromatic heterocycles. The van der Waals surface area contributed by atoms with Crippen molar-refractivity contribution in [3.63, 3.8) is 0 Å². The summed E-state index contributed by atoms with van der Waals surface area (Å²) in [5, 5.41) is 5.39. The number of benzene rings is 4. The molecule has 97 valence electrons. The van der Waals surface area contributed by atoms with Crippen molar-refractivity contribution in [3.8, 4) is 11.1 Å². The number of fused-ring (bicyclic) bond motifs is 8. The van der Waals surface area contributed by atoms with Gasteiger partial charge in [0.25, 0.3) is 0 Å². The molecule has 0 saturated heterocycles. The number of hydrogen-bond acceptors (Lipinski definition) is 0. The van der Waals surface area contributed by atoms with Gasteiger partial charge in [-0.3, -0.25) is 0 Å². The monoisotopic (exact) mass is 265 g/mol. The van der Waals surface area contributed by atoms with E-state index in [1.54, 1.807) is 0 Å². The lowest BCUT2D eigenvalue weighted by Crippen LogP contribution is -1.86. The Morgan fingerprint density at radius 3 is 1.86 bits per heavy atom. The molecule has 21 heavy (non-hydrogen) atoms. The van der Waals surface area contributed by atoms with Crippen LogP contribution < -0.4 is 0 Å². The first-order valence-corrected chi connectivity index (χ1v) is 7.31. The molecule has 0 atom stereocenters. The summed E-state index contributed by atoms with van der Waals surface area (Å²) in [5.41, 5.74) is 5.44. The predicted octanol–water partition coefficient (Wildman–Crippen LogP) is 5.57. The van der Waals surface area contributed by atoms with Crippen LogP contribution >= 0.6 is 0 Å². The third-order valence-electron chi connectivity index (χ3n) is 4.50. The molecule has 0 fully saturated rings. The van der Waals surface area contributed by atoms with Gasteiger partial charge in [0.05, 0.1) is 0 Å². The van der Waals surface area contributed by atoms with Crippen molar-refractivity contribution < 1.29 is 0 Å². The molecule has 0 saturated carbocycles. The van der Waals surface area contributed by atoms with Crippen molar-refractivity contribution in [1.82, 2.24) is 0 Å². The van der Waals surface area contributed by atoms with Crippen molar-refractivity contribution in [3.05, 3.63) is 90.3 Å².